The van der Waals surface area contributed by atoms with Crippen LogP contribution >= 0.6 is 0 Å². The molecular weight excluding hydrogens is 474 g/mol. The lowest BCUT2D eigenvalue weighted by Gasteiger charge is -2.44. The number of benzene rings is 3. The minimum Gasteiger partial charge on any atom is -0.453 e. The molecular formula is C24H23N3O7S. The number of nitrogens with two attached hydrogens (primary N) is 1. The van der Waals surface area contributed by atoms with Crippen molar-refractivity contribution in [2.75, 3.05) is 18.1 Å². The fourth-order valence-electron chi connectivity index (χ4n) is 4.29. The van der Waals surface area contributed by atoms with Crippen LogP contribution in [0, 0.1) is 0 Å². The van der Waals surface area contributed by atoms with Crippen molar-refractivity contribution in [2.45, 2.75) is 23.1 Å². The maximum absolute atomic E-state index is 13.1. The number of hydrogen-bond donors (Lipinski definition) is 3. The van der Waals surface area contributed by atoms with Gasteiger partial charge in [-0.3, -0.25) is 0 Å². The number of sulfonamides is 1. The number of carbonyl (C=O) groups is 1. The quantitative estimate of drug-likeness (QED) is 0.488. The molecule has 2 aliphatic rings. The van der Waals surface area contributed by atoms with Gasteiger partial charge in [0, 0.05) is 6.07 Å². The minimum atomic E-state index is -4.09. The van der Waals surface area contributed by atoms with E-state index in [0.717, 1.165) is 11.4 Å². The third-order valence-corrected chi connectivity index (χ3v) is 7.32. The Morgan fingerprint density at radius 3 is 2.31 bits per heavy atom. The highest BCUT2D eigenvalue weighted by atomic mass is 32.2. The van der Waals surface area contributed by atoms with Crippen LogP contribution in [0.15, 0.2) is 77.7 Å². The van der Waals surface area contributed by atoms with Gasteiger partial charge in [0.25, 0.3) is 0 Å². The molecule has 0 spiro atoms. The molecule has 3 atom stereocenters. The SMILES string of the molecule is NC(=O)Oc1cccc(S(=O)(=O)N[C@@H]2COC[C@H](N3c4ccccc4Oc4ccccc43)[C@H]2O)c1. The number of hydrogen-bond acceptors (Lipinski definition) is 8. The second-order valence-corrected chi connectivity index (χ2v) is 9.84. The van der Waals surface area contributed by atoms with E-state index in [-0.39, 0.29) is 23.9 Å². The van der Waals surface area contributed by atoms with Crippen molar-refractivity contribution in [3.63, 3.8) is 0 Å². The number of primary amides is 1. The fourth-order valence-corrected chi connectivity index (χ4v) is 5.56. The van der Waals surface area contributed by atoms with E-state index in [9.17, 15) is 18.3 Å². The smallest absolute Gasteiger partial charge is 0.409 e. The molecule has 3 aromatic rings. The van der Waals surface area contributed by atoms with Crippen LogP contribution < -0.4 is 24.8 Å². The lowest BCUT2D eigenvalue weighted by molar-refractivity contribution is -0.0244. The first-order valence-electron chi connectivity index (χ1n) is 10.8. The molecule has 0 aliphatic carbocycles. The molecule has 5 rings (SSSR count). The standard InChI is InChI=1S/C24H23N3O7S/c25-24(29)33-15-6-5-7-16(12-15)35(30,31)26-17-13-32-14-20(23(17)28)27-18-8-1-3-10-21(18)34-22-11-4-2-9-19(22)27/h1-12,17,20,23,26,28H,13-14H2,(H2,25,29)/t17-,20+,23+/m1/s1. The predicted octanol–water partition coefficient (Wildman–Crippen LogP) is 2.49. The molecule has 10 nitrogen and oxygen atoms in total. The summed E-state index contributed by atoms with van der Waals surface area (Å²) in [6.07, 6.45) is -2.18. The molecule has 0 bridgehead atoms. The largest absolute Gasteiger partial charge is 0.453 e. The lowest BCUT2D eigenvalue weighted by Crippen LogP contribution is -2.60. The predicted molar refractivity (Wildman–Crippen MR) is 126 cm³/mol. The zero-order chi connectivity index (χ0) is 24.6. The summed E-state index contributed by atoms with van der Waals surface area (Å²) in [5, 5.41) is 11.3. The van der Waals surface area contributed by atoms with Crippen LogP contribution in [-0.2, 0) is 14.8 Å². The van der Waals surface area contributed by atoms with E-state index in [0.29, 0.717) is 11.5 Å². The van der Waals surface area contributed by atoms with Crippen LogP contribution in [0.4, 0.5) is 16.2 Å². The van der Waals surface area contributed by atoms with Crippen molar-refractivity contribution in [3.8, 4) is 17.2 Å². The Kier molecular flexibility index (Phi) is 6.07. The van der Waals surface area contributed by atoms with Gasteiger partial charge in [-0.1, -0.05) is 30.3 Å². The maximum atomic E-state index is 13.1. The molecule has 182 valence electrons. The number of ether oxygens (including phenoxy) is 3. The van der Waals surface area contributed by atoms with Crippen LogP contribution in [0.1, 0.15) is 0 Å². The number of aliphatic hydroxyl groups excluding tert-OH is 1. The molecule has 3 aromatic carbocycles. The van der Waals surface area contributed by atoms with E-state index in [1.165, 1.54) is 24.3 Å². The van der Waals surface area contributed by atoms with Gasteiger partial charge >= 0.3 is 6.09 Å². The van der Waals surface area contributed by atoms with Gasteiger partial charge < -0.3 is 30.0 Å². The molecule has 1 amide bonds. The summed E-state index contributed by atoms with van der Waals surface area (Å²) in [7, 11) is -4.09. The molecule has 0 unspecified atom stereocenters. The molecule has 2 aliphatic heterocycles. The molecule has 2 heterocycles. The summed E-state index contributed by atoms with van der Waals surface area (Å²) in [5.41, 5.74) is 6.49. The number of nitrogens with zero attached hydrogens (tertiary/aromatic N) is 1. The van der Waals surface area contributed by atoms with Crippen molar-refractivity contribution in [2.24, 2.45) is 5.73 Å². The van der Waals surface area contributed by atoms with Crippen molar-refractivity contribution >= 4 is 27.5 Å². The van der Waals surface area contributed by atoms with Crippen LogP contribution in [-0.4, -0.2) is 51.0 Å². The van der Waals surface area contributed by atoms with E-state index in [2.05, 4.69) is 4.72 Å². The summed E-state index contributed by atoms with van der Waals surface area (Å²) in [6.45, 7) is 0.145. The highest BCUT2D eigenvalue weighted by molar-refractivity contribution is 7.89. The summed E-state index contributed by atoms with van der Waals surface area (Å²) < 4.78 is 45.2. The molecule has 0 radical (unpaired) electrons. The molecule has 11 heteroatoms. The summed E-state index contributed by atoms with van der Waals surface area (Å²) in [5.74, 6) is 1.22. The van der Waals surface area contributed by atoms with Gasteiger partial charge in [-0.2, -0.15) is 0 Å². The van der Waals surface area contributed by atoms with E-state index in [1.54, 1.807) is 0 Å². The van der Waals surface area contributed by atoms with Crippen molar-refractivity contribution in [1.29, 1.82) is 0 Å². The number of anilines is 2. The van der Waals surface area contributed by atoms with Crippen molar-refractivity contribution in [1.82, 2.24) is 4.72 Å². The number of carbonyl (C=O) groups excluding carboxylic acids is 1. The Hall–Kier alpha value is -3.64. The van der Waals surface area contributed by atoms with Crippen LogP contribution in [0.3, 0.4) is 0 Å². The van der Waals surface area contributed by atoms with Crippen molar-refractivity contribution < 1.29 is 32.5 Å². The average molecular weight is 498 g/mol. The van der Waals surface area contributed by atoms with E-state index in [4.69, 9.17) is 19.9 Å². The summed E-state index contributed by atoms with van der Waals surface area (Å²) >= 11 is 0. The molecule has 0 aromatic heterocycles. The fraction of sp³-hybridized carbons (Fsp3) is 0.208. The lowest BCUT2D eigenvalue weighted by atomic mass is 9.98. The Morgan fingerprint density at radius 2 is 1.66 bits per heavy atom. The Labute approximate surface area is 201 Å². The first-order valence-corrected chi connectivity index (χ1v) is 12.3. The zero-order valence-electron chi connectivity index (χ0n) is 18.4. The maximum Gasteiger partial charge on any atom is 0.409 e. The van der Waals surface area contributed by atoms with Gasteiger partial charge in [-0.25, -0.2) is 17.9 Å². The van der Waals surface area contributed by atoms with Gasteiger partial charge in [0.15, 0.2) is 11.5 Å². The van der Waals surface area contributed by atoms with E-state index in [1.807, 2.05) is 53.4 Å². The number of aliphatic hydroxyl groups is 1. The summed E-state index contributed by atoms with van der Waals surface area (Å²) in [4.78, 5) is 12.8. The van der Waals surface area contributed by atoms with Crippen LogP contribution in [0.5, 0.6) is 17.2 Å². The number of rotatable bonds is 5. The highest BCUT2D eigenvalue weighted by Crippen LogP contribution is 2.48. The normalized spacial score (nSPS) is 21.4. The third-order valence-electron chi connectivity index (χ3n) is 5.83. The highest BCUT2D eigenvalue weighted by Gasteiger charge is 2.41. The van der Waals surface area contributed by atoms with E-state index < -0.39 is 34.3 Å². The summed E-state index contributed by atoms with van der Waals surface area (Å²) in [6, 6.07) is 18.6. The minimum absolute atomic E-state index is 0.0137. The first kappa shape index (κ1) is 23.1. The van der Waals surface area contributed by atoms with E-state index >= 15 is 0 Å². The second-order valence-electron chi connectivity index (χ2n) is 8.13. The molecule has 4 N–H and O–H groups in total. The number of nitrogens with one attached hydrogen (secondary N) is 1. The van der Waals surface area contributed by atoms with Crippen LogP contribution in [0.25, 0.3) is 0 Å². The van der Waals surface area contributed by atoms with Gasteiger partial charge in [-0.15, -0.1) is 0 Å². The number of amides is 1. The average Bonchev–Trinajstić information content (AvgIpc) is 2.84. The van der Waals surface area contributed by atoms with Crippen LogP contribution in [0.2, 0.25) is 0 Å². The monoisotopic (exact) mass is 497 g/mol. The molecule has 1 saturated heterocycles. The van der Waals surface area contributed by atoms with Gasteiger partial charge in [0.2, 0.25) is 10.0 Å². The molecule has 1 fully saturated rings. The van der Waals surface area contributed by atoms with Gasteiger partial charge in [-0.05, 0) is 36.4 Å². The third kappa shape index (κ3) is 4.54. The number of para-hydroxylation sites is 4. The van der Waals surface area contributed by atoms with Gasteiger partial charge in [0.1, 0.15) is 5.75 Å². The molecule has 0 saturated carbocycles. The van der Waals surface area contributed by atoms with Gasteiger partial charge in [0.05, 0.1) is 47.7 Å². The topological polar surface area (TPSA) is 140 Å². The Bertz CT molecular complexity index is 1320. The number of fused-ring (bicyclic) bond motifs is 2. The Morgan fingerprint density at radius 1 is 1.00 bits per heavy atom. The molecule has 35 heavy (non-hydrogen) atoms. The van der Waals surface area contributed by atoms with Crippen molar-refractivity contribution in [3.05, 3.63) is 72.8 Å². The second kappa shape index (κ2) is 9.19. The Balaban J connectivity index is 1.43. The zero-order valence-corrected chi connectivity index (χ0v) is 19.2. The first-order chi connectivity index (χ1) is 16.8.